The number of carboxylic acids is 1. The number of nitro groups is 1. The molecule has 4 aromatic rings. The van der Waals surface area contributed by atoms with E-state index in [1.54, 1.807) is 61.8 Å². The summed E-state index contributed by atoms with van der Waals surface area (Å²) in [6, 6.07) is 15.4. The Balaban J connectivity index is 1.71. The van der Waals surface area contributed by atoms with Gasteiger partial charge in [0.15, 0.2) is 0 Å². The number of anilines is 4. The van der Waals surface area contributed by atoms with Gasteiger partial charge in [0.05, 0.1) is 10.5 Å². The predicted molar refractivity (Wildman–Crippen MR) is 115 cm³/mol. The van der Waals surface area contributed by atoms with E-state index in [4.69, 9.17) is 0 Å². The number of fused-ring (bicyclic) bond motifs is 1. The fourth-order valence-electron chi connectivity index (χ4n) is 3.14. The average Bonchev–Trinajstić information content (AvgIpc) is 2.78. The smallest absolute Gasteiger partial charge is 0.336 e. The maximum absolute atomic E-state index is 11.5. The van der Waals surface area contributed by atoms with Crippen molar-refractivity contribution in [2.45, 2.75) is 0 Å². The van der Waals surface area contributed by atoms with Gasteiger partial charge in [0, 0.05) is 18.9 Å². The molecule has 10 nitrogen and oxygen atoms in total. The number of hydrogen-bond acceptors (Lipinski definition) is 8. The van der Waals surface area contributed by atoms with Gasteiger partial charge in [-0.2, -0.15) is 4.98 Å². The second kappa shape index (κ2) is 8.03. The molecule has 2 aromatic heterocycles. The lowest BCUT2D eigenvalue weighted by molar-refractivity contribution is -0.384. The Morgan fingerprint density at radius 3 is 2.68 bits per heavy atom. The topological polar surface area (TPSA) is 134 Å². The van der Waals surface area contributed by atoms with Crippen molar-refractivity contribution < 1.29 is 14.8 Å². The minimum Gasteiger partial charge on any atom is -0.478 e. The number of nitrogens with one attached hydrogen (secondary N) is 1. The summed E-state index contributed by atoms with van der Waals surface area (Å²) in [6.07, 6.45) is 2.71. The van der Waals surface area contributed by atoms with Crippen molar-refractivity contribution in [2.24, 2.45) is 0 Å². The highest BCUT2D eigenvalue weighted by molar-refractivity contribution is 6.04. The number of aromatic nitrogens is 3. The van der Waals surface area contributed by atoms with Gasteiger partial charge in [-0.15, -0.1) is 0 Å². The first-order valence-electron chi connectivity index (χ1n) is 9.13. The molecule has 0 spiro atoms. The van der Waals surface area contributed by atoms with Crippen molar-refractivity contribution in [3.8, 4) is 0 Å². The molecule has 0 aliphatic heterocycles. The Morgan fingerprint density at radius 2 is 1.97 bits per heavy atom. The summed E-state index contributed by atoms with van der Waals surface area (Å²) in [5.41, 5.74) is 0.550. The van der Waals surface area contributed by atoms with Crippen LogP contribution in [0.4, 0.5) is 29.0 Å². The summed E-state index contributed by atoms with van der Waals surface area (Å²) in [6.45, 7) is 0. The van der Waals surface area contributed by atoms with Gasteiger partial charge in [0.2, 0.25) is 11.8 Å². The first-order chi connectivity index (χ1) is 14.9. The molecule has 0 unspecified atom stereocenters. The lowest BCUT2D eigenvalue weighted by atomic mass is 10.0. The van der Waals surface area contributed by atoms with Crippen LogP contribution in [-0.2, 0) is 0 Å². The van der Waals surface area contributed by atoms with Crippen LogP contribution in [0.3, 0.4) is 0 Å². The van der Waals surface area contributed by atoms with Crippen LogP contribution in [0.5, 0.6) is 0 Å². The third-order valence-electron chi connectivity index (χ3n) is 4.62. The Bertz CT molecular complexity index is 1300. The van der Waals surface area contributed by atoms with Gasteiger partial charge in [-0.05, 0) is 41.1 Å². The van der Waals surface area contributed by atoms with Crippen molar-refractivity contribution in [1.29, 1.82) is 0 Å². The maximum Gasteiger partial charge on any atom is 0.336 e. The van der Waals surface area contributed by atoms with Gasteiger partial charge in [-0.3, -0.25) is 10.1 Å². The van der Waals surface area contributed by atoms with Gasteiger partial charge in [-0.1, -0.05) is 24.3 Å². The molecule has 10 heteroatoms. The largest absolute Gasteiger partial charge is 0.478 e. The number of rotatable bonds is 6. The van der Waals surface area contributed by atoms with Crippen LogP contribution < -0.4 is 10.2 Å². The minimum absolute atomic E-state index is 0.0788. The highest BCUT2D eigenvalue weighted by Gasteiger charge is 2.22. The molecule has 154 valence electrons. The first-order valence-corrected chi connectivity index (χ1v) is 9.13. The maximum atomic E-state index is 11.5. The zero-order valence-electron chi connectivity index (χ0n) is 16.3. The van der Waals surface area contributed by atoms with E-state index in [1.165, 1.54) is 11.0 Å². The molecule has 2 aromatic carbocycles. The second-order valence-electron chi connectivity index (χ2n) is 6.58. The molecular weight excluding hydrogens is 400 g/mol. The van der Waals surface area contributed by atoms with Crippen LogP contribution in [0.2, 0.25) is 0 Å². The average molecular weight is 416 g/mol. The molecular formula is C21H16N6O4. The third-order valence-corrected chi connectivity index (χ3v) is 4.62. The van der Waals surface area contributed by atoms with E-state index in [9.17, 15) is 20.0 Å². The summed E-state index contributed by atoms with van der Waals surface area (Å²) < 4.78 is 0. The standard InChI is InChI=1S/C21H16N6O4/c1-26(18-7-2-3-10-22-18)19-17(27(30)31)12-23-21(25-19)24-14-8-9-15-13(11-14)5-4-6-16(15)20(28)29/h2-12H,1H3,(H,28,29)(H,23,24,25). The highest BCUT2D eigenvalue weighted by atomic mass is 16.6. The monoisotopic (exact) mass is 416 g/mol. The molecule has 2 N–H and O–H groups in total. The summed E-state index contributed by atoms with van der Waals surface area (Å²) in [5, 5.41) is 25.1. The Hall–Kier alpha value is -4.60. The van der Waals surface area contributed by atoms with E-state index in [0.29, 0.717) is 16.9 Å². The number of aromatic carboxylic acids is 1. The zero-order chi connectivity index (χ0) is 22.0. The Kier molecular flexibility index (Phi) is 5.10. The van der Waals surface area contributed by atoms with Gasteiger partial charge in [0.1, 0.15) is 12.0 Å². The number of hydrogen-bond donors (Lipinski definition) is 2. The normalized spacial score (nSPS) is 10.6. The summed E-state index contributed by atoms with van der Waals surface area (Å²) in [7, 11) is 1.63. The zero-order valence-corrected chi connectivity index (χ0v) is 16.3. The predicted octanol–water partition coefficient (Wildman–Crippen LogP) is 4.14. The molecule has 0 bridgehead atoms. The fraction of sp³-hybridized carbons (Fsp3) is 0.0476. The van der Waals surface area contributed by atoms with Crippen LogP contribution in [0.1, 0.15) is 10.4 Å². The van der Waals surface area contributed by atoms with E-state index in [-0.39, 0.29) is 23.0 Å². The van der Waals surface area contributed by atoms with E-state index in [0.717, 1.165) is 11.6 Å². The molecule has 0 aliphatic rings. The molecule has 0 saturated heterocycles. The minimum atomic E-state index is -1.01. The van der Waals surface area contributed by atoms with Gasteiger partial charge < -0.3 is 15.3 Å². The molecule has 2 heterocycles. The first kappa shape index (κ1) is 19.7. The molecule has 0 fully saturated rings. The van der Waals surface area contributed by atoms with Gasteiger partial charge in [0.25, 0.3) is 0 Å². The van der Waals surface area contributed by atoms with Crippen molar-refractivity contribution in [3.63, 3.8) is 0 Å². The molecule has 0 atom stereocenters. The van der Waals surface area contributed by atoms with E-state index < -0.39 is 10.9 Å². The molecule has 4 rings (SSSR count). The van der Waals surface area contributed by atoms with Crippen LogP contribution in [0.15, 0.2) is 67.0 Å². The molecule has 0 aliphatic carbocycles. The van der Waals surface area contributed by atoms with E-state index >= 15 is 0 Å². The van der Waals surface area contributed by atoms with Crippen LogP contribution in [0, 0.1) is 10.1 Å². The Labute approximate surface area is 176 Å². The number of benzene rings is 2. The molecule has 0 saturated carbocycles. The van der Waals surface area contributed by atoms with Crippen molar-refractivity contribution in [1.82, 2.24) is 15.0 Å². The molecule has 0 amide bonds. The summed E-state index contributed by atoms with van der Waals surface area (Å²) >= 11 is 0. The number of carboxylic acid groups (broad SMARTS) is 1. The lowest BCUT2D eigenvalue weighted by Gasteiger charge is -2.17. The van der Waals surface area contributed by atoms with Crippen LogP contribution >= 0.6 is 0 Å². The van der Waals surface area contributed by atoms with Crippen LogP contribution in [0.25, 0.3) is 10.8 Å². The highest BCUT2D eigenvalue weighted by Crippen LogP contribution is 2.31. The van der Waals surface area contributed by atoms with E-state index in [1.807, 2.05) is 0 Å². The number of carbonyl (C=O) groups is 1. The van der Waals surface area contributed by atoms with Crippen LogP contribution in [-0.4, -0.2) is 38.0 Å². The SMILES string of the molecule is CN(c1ccccn1)c1nc(Nc2ccc3c(C(=O)O)cccc3c2)ncc1[N+](=O)[O-]. The summed E-state index contributed by atoms with van der Waals surface area (Å²) in [5.74, 6) is -0.290. The van der Waals surface area contributed by atoms with Gasteiger partial charge >= 0.3 is 11.7 Å². The molecule has 31 heavy (non-hydrogen) atoms. The second-order valence-corrected chi connectivity index (χ2v) is 6.58. The van der Waals surface area contributed by atoms with Crippen molar-refractivity contribution in [2.75, 3.05) is 17.3 Å². The quantitative estimate of drug-likeness (QED) is 0.351. The van der Waals surface area contributed by atoms with Crippen molar-refractivity contribution >= 4 is 45.7 Å². The number of nitrogens with zero attached hydrogens (tertiary/aromatic N) is 5. The third kappa shape index (κ3) is 3.94. The Morgan fingerprint density at radius 1 is 1.13 bits per heavy atom. The van der Waals surface area contributed by atoms with E-state index in [2.05, 4.69) is 20.3 Å². The molecule has 0 radical (unpaired) electrons. The van der Waals surface area contributed by atoms with Gasteiger partial charge in [-0.25, -0.2) is 14.8 Å². The van der Waals surface area contributed by atoms with Crippen molar-refractivity contribution in [3.05, 3.63) is 82.7 Å². The number of pyridine rings is 1. The fourth-order valence-corrected chi connectivity index (χ4v) is 3.14. The lowest BCUT2D eigenvalue weighted by Crippen LogP contribution is -2.15. The summed E-state index contributed by atoms with van der Waals surface area (Å²) in [4.78, 5) is 36.4.